The highest BCUT2D eigenvalue weighted by atomic mass is 35.5. The molecule has 3 rings (SSSR count). The van der Waals surface area contributed by atoms with E-state index in [-0.39, 0.29) is 10.6 Å². The lowest BCUT2D eigenvalue weighted by Crippen LogP contribution is -2.43. The Balaban J connectivity index is 1.76. The average Bonchev–Trinajstić information content (AvgIpc) is 2.78. The van der Waals surface area contributed by atoms with Gasteiger partial charge in [-0.1, -0.05) is 17.7 Å². The predicted molar refractivity (Wildman–Crippen MR) is 80.3 cm³/mol. The van der Waals surface area contributed by atoms with Crippen molar-refractivity contribution in [2.45, 2.75) is 50.4 Å². The summed E-state index contributed by atoms with van der Waals surface area (Å²) < 4.78 is 1.31. The molecule has 2 atom stereocenters. The van der Waals surface area contributed by atoms with Crippen molar-refractivity contribution in [3.8, 4) is 0 Å². The minimum Gasteiger partial charge on any atom is -0.380 e. The van der Waals surface area contributed by atoms with Crippen LogP contribution in [0.3, 0.4) is 0 Å². The second-order valence-electron chi connectivity index (χ2n) is 5.60. The number of rotatable bonds is 4. The van der Waals surface area contributed by atoms with Crippen LogP contribution in [0.2, 0.25) is 5.02 Å². The number of halogens is 1. The van der Waals surface area contributed by atoms with E-state index in [9.17, 15) is 4.79 Å². The standard InChI is InChI=1S/C14H19ClN4O/c1-2-5-19-14(20)13(15)12(8-16-19)18-11-6-9-3-4-10(7-11)17-9/h2,8-11,17-18H,1,3-7H2. The third kappa shape index (κ3) is 2.60. The monoisotopic (exact) mass is 294 g/mol. The lowest BCUT2D eigenvalue weighted by atomic mass is 10.00. The number of nitrogens with one attached hydrogen (secondary N) is 2. The first kappa shape index (κ1) is 13.6. The third-order valence-electron chi connectivity index (χ3n) is 4.12. The highest BCUT2D eigenvalue weighted by molar-refractivity contribution is 6.32. The largest absolute Gasteiger partial charge is 0.380 e. The first-order chi connectivity index (χ1) is 9.67. The molecular weight excluding hydrogens is 276 g/mol. The Morgan fingerprint density at radius 3 is 2.85 bits per heavy atom. The van der Waals surface area contributed by atoms with E-state index in [0.717, 1.165) is 12.8 Å². The fourth-order valence-electron chi connectivity index (χ4n) is 3.21. The Morgan fingerprint density at radius 1 is 1.50 bits per heavy atom. The molecule has 0 radical (unpaired) electrons. The van der Waals surface area contributed by atoms with E-state index < -0.39 is 0 Å². The number of anilines is 1. The number of piperidine rings is 1. The van der Waals surface area contributed by atoms with Gasteiger partial charge in [0.1, 0.15) is 5.02 Å². The normalized spacial score (nSPS) is 28.4. The van der Waals surface area contributed by atoms with Crippen molar-refractivity contribution in [2.75, 3.05) is 5.32 Å². The van der Waals surface area contributed by atoms with E-state index in [1.54, 1.807) is 12.3 Å². The second-order valence-corrected chi connectivity index (χ2v) is 5.98. The van der Waals surface area contributed by atoms with Gasteiger partial charge >= 0.3 is 0 Å². The van der Waals surface area contributed by atoms with Crippen molar-refractivity contribution < 1.29 is 0 Å². The Morgan fingerprint density at radius 2 is 2.20 bits per heavy atom. The summed E-state index contributed by atoms with van der Waals surface area (Å²) in [6.45, 7) is 3.97. The van der Waals surface area contributed by atoms with Crippen LogP contribution in [0.15, 0.2) is 23.6 Å². The van der Waals surface area contributed by atoms with Gasteiger partial charge < -0.3 is 10.6 Å². The molecule has 2 unspecified atom stereocenters. The van der Waals surface area contributed by atoms with Crippen molar-refractivity contribution in [3.05, 3.63) is 34.2 Å². The summed E-state index contributed by atoms with van der Waals surface area (Å²) in [5.41, 5.74) is 0.372. The summed E-state index contributed by atoms with van der Waals surface area (Å²) >= 11 is 6.16. The summed E-state index contributed by atoms with van der Waals surface area (Å²) in [6, 6.07) is 1.56. The Hall–Kier alpha value is -1.33. The Kier molecular flexibility index (Phi) is 3.81. The van der Waals surface area contributed by atoms with Gasteiger partial charge in [-0.05, 0) is 25.7 Å². The lowest BCUT2D eigenvalue weighted by molar-refractivity contribution is 0.378. The van der Waals surface area contributed by atoms with E-state index >= 15 is 0 Å². The number of nitrogens with zero attached hydrogens (tertiary/aromatic N) is 2. The van der Waals surface area contributed by atoms with E-state index in [4.69, 9.17) is 11.6 Å². The Labute approximate surface area is 123 Å². The zero-order chi connectivity index (χ0) is 14.1. The molecule has 5 nitrogen and oxygen atoms in total. The van der Waals surface area contributed by atoms with Crippen LogP contribution in [0.1, 0.15) is 25.7 Å². The first-order valence-corrected chi connectivity index (χ1v) is 7.44. The molecule has 108 valence electrons. The van der Waals surface area contributed by atoms with Crippen LogP contribution in [0, 0.1) is 0 Å². The maximum absolute atomic E-state index is 12.0. The van der Waals surface area contributed by atoms with Crippen molar-refractivity contribution in [1.82, 2.24) is 15.1 Å². The highest BCUT2D eigenvalue weighted by Crippen LogP contribution is 2.29. The minimum absolute atomic E-state index is 0.215. The molecule has 2 fully saturated rings. The molecule has 2 aliphatic rings. The van der Waals surface area contributed by atoms with Gasteiger partial charge in [-0.25, -0.2) is 4.68 Å². The van der Waals surface area contributed by atoms with Crippen LogP contribution in [-0.2, 0) is 6.54 Å². The van der Waals surface area contributed by atoms with Gasteiger partial charge in [0, 0.05) is 18.1 Å². The zero-order valence-electron chi connectivity index (χ0n) is 11.3. The SMILES string of the molecule is C=CCn1ncc(NC2CC3CCC(C2)N3)c(Cl)c1=O. The molecule has 0 saturated carbocycles. The second kappa shape index (κ2) is 5.58. The van der Waals surface area contributed by atoms with E-state index in [1.165, 1.54) is 17.5 Å². The first-order valence-electron chi connectivity index (χ1n) is 7.06. The fraction of sp³-hybridized carbons (Fsp3) is 0.571. The van der Waals surface area contributed by atoms with Crippen LogP contribution >= 0.6 is 11.6 Å². The van der Waals surface area contributed by atoms with Gasteiger partial charge in [-0.2, -0.15) is 5.10 Å². The minimum atomic E-state index is -0.270. The Bertz CT molecular complexity index is 559. The molecular formula is C14H19ClN4O. The maximum Gasteiger partial charge on any atom is 0.287 e. The number of hydrogen-bond donors (Lipinski definition) is 2. The van der Waals surface area contributed by atoms with Gasteiger partial charge in [0.25, 0.3) is 5.56 Å². The van der Waals surface area contributed by atoms with Gasteiger partial charge in [-0.3, -0.25) is 4.79 Å². The molecule has 1 aromatic heterocycles. The summed E-state index contributed by atoms with van der Waals surface area (Å²) in [5.74, 6) is 0. The molecule has 6 heteroatoms. The summed E-state index contributed by atoms with van der Waals surface area (Å²) in [6.07, 6.45) is 7.90. The molecule has 1 aromatic rings. The molecule has 0 aliphatic carbocycles. The summed E-state index contributed by atoms with van der Waals surface area (Å²) in [5, 5.41) is 11.3. The van der Waals surface area contributed by atoms with E-state index in [2.05, 4.69) is 22.3 Å². The van der Waals surface area contributed by atoms with Crippen LogP contribution in [0.25, 0.3) is 0 Å². The fourth-order valence-corrected chi connectivity index (χ4v) is 3.41. The molecule has 2 bridgehead atoms. The molecule has 0 aromatic carbocycles. The van der Waals surface area contributed by atoms with Crippen LogP contribution in [-0.4, -0.2) is 27.9 Å². The van der Waals surface area contributed by atoms with E-state index in [0.29, 0.717) is 30.4 Å². The number of aromatic nitrogens is 2. The van der Waals surface area contributed by atoms with Crippen molar-refractivity contribution in [1.29, 1.82) is 0 Å². The lowest BCUT2D eigenvalue weighted by Gasteiger charge is -2.30. The quantitative estimate of drug-likeness (QED) is 0.831. The topological polar surface area (TPSA) is 59.0 Å². The zero-order valence-corrected chi connectivity index (χ0v) is 12.1. The van der Waals surface area contributed by atoms with Crippen LogP contribution in [0.4, 0.5) is 5.69 Å². The van der Waals surface area contributed by atoms with Crippen molar-refractivity contribution in [3.63, 3.8) is 0 Å². The molecule has 2 N–H and O–H groups in total. The molecule has 2 saturated heterocycles. The highest BCUT2D eigenvalue weighted by Gasteiger charge is 2.33. The maximum atomic E-state index is 12.0. The van der Waals surface area contributed by atoms with Crippen LogP contribution < -0.4 is 16.2 Å². The van der Waals surface area contributed by atoms with E-state index in [1.807, 2.05) is 0 Å². The van der Waals surface area contributed by atoms with Gasteiger partial charge in [0.05, 0.1) is 18.4 Å². The predicted octanol–water partition coefficient (Wildman–Crippen LogP) is 1.78. The smallest absolute Gasteiger partial charge is 0.287 e. The number of fused-ring (bicyclic) bond motifs is 2. The van der Waals surface area contributed by atoms with Crippen molar-refractivity contribution in [2.24, 2.45) is 0 Å². The van der Waals surface area contributed by atoms with Gasteiger partial charge in [0.2, 0.25) is 0 Å². The van der Waals surface area contributed by atoms with Crippen LogP contribution in [0.5, 0.6) is 0 Å². The average molecular weight is 295 g/mol. The molecule has 2 aliphatic heterocycles. The number of hydrogen-bond acceptors (Lipinski definition) is 4. The molecule has 0 spiro atoms. The summed E-state index contributed by atoms with van der Waals surface area (Å²) in [7, 11) is 0. The molecule has 0 amide bonds. The number of allylic oxidation sites excluding steroid dienone is 1. The third-order valence-corrected chi connectivity index (χ3v) is 4.48. The van der Waals surface area contributed by atoms with Gasteiger partial charge in [0.15, 0.2) is 0 Å². The van der Waals surface area contributed by atoms with Crippen molar-refractivity contribution >= 4 is 17.3 Å². The molecule has 20 heavy (non-hydrogen) atoms. The van der Waals surface area contributed by atoms with Gasteiger partial charge in [-0.15, -0.1) is 6.58 Å². The molecule has 3 heterocycles. The summed E-state index contributed by atoms with van der Waals surface area (Å²) in [4.78, 5) is 12.0.